The second kappa shape index (κ2) is 8.24. The van der Waals surface area contributed by atoms with Crippen LogP contribution in [0.1, 0.15) is 29.9 Å². The molecule has 4 heteroatoms. The SMILES string of the molecule is Cc1ccc(CN2CCC(CN(C)Cc3ccnc4ccccc34)CC2)o1. The molecule has 3 aromatic rings. The van der Waals surface area contributed by atoms with Crippen molar-refractivity contribution in [1.29, 1.82) is 0 Å². The van der Waals surface area contributed by atoms with Crippen molar-refractivity contribution in [3.63, 3.8) is 0 Å². The summed E-state index contributed by atoms with van der Waals surface area (Å²) >= 11 is 0. The van der Waals surface area contributed by atoms with Crippen LogP contribution in [0.3, 0.4) is 0 Å². The van der Waals surface area contributed by atoms with Gasteiger partial charge in [0.15, 0.2) is 0 Å². The first kappa shape index (κ1) is 18.2. The molecular formula is C23H29N3O. The molecule has 2 aromatic heterocycles. The van der Waals surface area contributed by atoms with Gasteiger partial charge in [-0.15, -0.1) is 0 Å². The highest BCUT2D eigenvalue weighted by molar-refractivity contribution is 5.81. The summed E-state index contributed by atoms with van der Waals surface area (Å²) in [7, 11) is 2.24. The normalized spacial score (nSPS) is 16.4. The van der Waals surface area contributed by atoms with Crippen molar-refractivity contribution < 1.29 is 4.42 Å². The van der Waals surface area contributed by atoms with E-state index in [-0.39, 0.29) is 0 Å². The van der Waals surface area contributed by atoms with Crippen molar-refractivity contribution in [2.24, 2.45) is 5.92 Å². The summed E-state index contributed by atoms with van der Waals surface area (Å²) in [5, 5.41) is 1.27. The van der Waals surface area contributed by atoms with Crippen molar-refractivity contribution >= 4 is 10.9 Å². The van der Waals surface area contributed by atoms with E-state index in [9.17, 15) is 0 Å². The molecule has 4 nitrogen and oxygen atoms in total. The quantitative estimate of drug-likeness (QED) is 0.646. The Morgan fingerprint density at radius 3 is 2.70 bits per heavy atom. The first-order valence-electron chi connectivity index (χ1n) is 9.96. The van der Waals surface area contributed by atoms with E-state index in [0.717, 1.165) is 55.7 Å². The van der Waals surface area contributed by atoms with Crippen LogP contribution < -0.4 is 0 Å². The summed E-state index contributed by atoms with van der Waals surface area (Å²) in [6.07, 6.45) is 4.46. The summed E-state index contributed by atoms with van der Waals surface area (Å²) in [5.74, 6) is 2.87. The molecule has 0 bridgehead atoms. The highest BCUT2D eigenvalue weighted by atomic mass is 16.3. The molecule has 0 aliphatic carbocycles. The Hall–Kier alpha value is -2.17. The second-order valence-corrected chi connectivity index (χ2v) is 7.92. The van der Waals surface area contributed by atoms with Crippen molar-refractivity contribution in [3.8, 4) is 0 Å². The van der Waals surface area contributed by atoms with Gasteiger partial charge in [-0.2, -0.15) is 0 Å². The molecule has 1 aliphatic heterocycles. The molecule has 3 heterocycles. The zero-order valence-corrected chi connectivity index (χ0v) is 16.4. The first-order valence-corrected chi connectivity index (χ1v) is 9.96. The summed E-state index contributed by atoms with van der Waals surface area (Å²) in [6, 6.07) is 14.8. The molecule has 0 N–H and O–H groups in total. The van der Waals surface area contributed by atoms with Gasteiger partial charge in [-0.3, -0.25) is 9.88 Å². The third kappa shape index (κ3) is 4.57. The topological polar surface area (TPSA) is 32.5 Å². The van der Waals surface area contributed by atoms with E-state index >= 15 is 0 Å². The van der Waals surface area contributed by atoms with E-state index in [2.05, 4.69) is 64.3 Å². The lowest BCUT2D eigenvalue weighted by Gasteiger charge is -2.33. The van der Waals surface area contributed by atoms with Gasteiger partial charge >= 0.3 is 0 Å². The molecule has 142 valence electrons. The van der Waals surface area contributed by atoms with Crippen LogP contribution in [0.25, 0.3) is 10.9 Å². The van der Waals surface area contributed by atoms with Crippen LogP contribution in [0.5, 0.6) is 0 Å². The predicted octanol–water partition coefficient (Wildman–Crippen LogP) is 4.48. The summed E-state index contributed by atoms with van der Waals surface area (Å²) in [4.78, 5) is 9.47. The minimum Gasteiger partial charge on any atom is -0.465 e. The van der Waals surface area contributed by atoms with E-state index in [1.54, 1.807) is 0 Å². The lowest BCUT2D eigenvalue weighted by Crippen LogP contribution is -2.37. The van der Waals surface area contributed by atoms with Crippen molar-refractivity contribution in [2.45, 2.75) is 32.9 Å². The maximum absolute atomic E-state index is 5.72. The number of para-hydroxylation sites is 1. The molecule has 0 amide bonds. The Labute approximate surface area is 161 Å². The number of piperidine rings is 1. The standard InChI is InChI=1S/C23H29N3O/c1-18-7-8-21(27-18)17-26-13-10-19(11-14-26)15-25(2)16-20-9-12-24-23-6-4-3-5-22(20)23/h3-9,12,19H,10-11,13-17H2,1-2H3. The Morgan fingerprint density at radius 2 is 1.93 bits per heavy atom. The van der Waals surface area contributed by atoms with Crippen LogP contribution in [0, 0.1) is 12.8 Å². The number of furan rings is 1. The van der Waals surface area contributed by atoms with Gasteiger partial charge in [0.1, 0.15) is 11.5 Å². The molecule has 0 spiro atoms. The largest absolute Gasteiger partial charge is 0.465 e. The molecule has 1 fully saturated rings. The van der Waals surface area contributed by atoms with Crippen LogP contribution in [0.4, 0.5) is 0 Å². The minimum atomic E-state index is 0.776. The van der Waals surface area contributed by atoms with E-state index in [1.807, 2.05) is 13.1 Å². The fourth-order valence-corrected chi connectivity index (χ4v) is 4.21. The molecule has 0 atom stereocenters. The maximum atomic E-state index is 5.72. The van der Waals surface area contributed by atoms with Gasteiger partial charge in [-0.25, -0.2) is 0 Å². The third-order valence-corrected chi connectivity index (χ3v) is 5.63. The molecule has 4 rings (SSSR count). The predicted molar refractivity (Wildman–Crippen MR) is 110 cm³/mol. The van der Waals surface area contributed by atoms with Crippen molar-refractivity contribution in [2.75, 3.05) is 26.7 Å². The summed E-state index contributed by atoms with van der Waals surface area (Å²) in [5.41, 5.74) is 2.46. The third-order valence-electron chi connectivity index (χ3n) is 5.63. The fraction of sp³-hybridized carbons (Fsp3) is 0.435. The lowest BCUT2D eigenvalue weighted by atomic mass is 9.96. The number of pyridine rings is 1. The van der Waals surface area contributed by atoms with Gasteiger partial charge in [0.25, 0.3) is 0 Å². The van der Waals surface area contributed by atoms with Gasteiger partial charge in [-0.1, -0.05) is 18.2 Å². The number of benzene rings is 1. The number of likely N-dealkylation sites (tertiary alicyclic amines) is 1. The number of hydrogen-bond acceptors (Lipinski definition) is 4. The van der Waals surface area contributed by atoms with E-state index < -0.39 is 0 Å². The maximum Gasteiger partial charge on any atom is 0.118 e. The number of hydrogen-bond donors (Lipinski definition) is 0. The molecular weight excluding hydrogens is 334 g/mol. The van der Waals surface area contributed by atoms with Gasteiger partial charge in [0.2, 0.25) is 0 Å². The number of rotatable bonds is 6. The van der Waals surface area contributed by atoms with Crippen LogP contribution >= 0.6 is 0 Å². The Morgan fingerprint density at radius 1 is 1.11 bits per heavy atom. The van der Waals surface area contributed by atoms with E-state index in [1.165, 1.54) is 23.8 Å². The van der Waals surface area contributed by atoms with Crippen LogP contribution in [0.15, 0.2) is 53.1 Å². The van der Waals surface area contributed by atoms with Crippen LogP contribution in [-0.4, -0.2) is 41.5 Å². The molecule has 1 aromatic carbocycles. The van der Waals surface area contributed by atoms with Crippen LogP contribution in [-0.2, 0) is 13.1 Å². The number of fused-ring (bicyclic) bond motifs is 1. The zero-order valence-electron chi connectivity index (χ0n) is 16.4. The smallest absolute Gasteiger partial charge is 0.118 e. The van der Waals surface area contributed by atoms with Gasteiger partial charge in [0.05, 0.1) is 12.1 Å². The van der Waals surface area contributed by atoms with E-state index in [0.29, 0.717) is 0 Å². The van der Waals surface area contributed by atoms with Gasteiger partial charge in [0, 0.05) is 24.7 Å². The van der Waals surface area contributed by atoms with Crippen molar-refractivity contribution in [1.82, 2.24) is 14.8 Å². The van der Waals surface area contributed by atoms with Gasteiger partial charge < -0.3 is 9.32 Å². The highest BCUT2D eigenvalue weighted by Gasteiger charge is 2.21. The van der Waals surface area contributed by atoms with Gasteiger partial charge in [-0.05, 0) is 75.6 Å². The highest BCUT2D eigenvalue weighted by Crippen LogP contribution is 2.22. The average Bonchev–Trinajstić information content (AvgIpc) is 3.08. The summed E-state index contributed by atoms with van der Waals surface area (Å²) < 4.78 is 5.72. The molecule has 27 heavy (non-hydrogen) atoms. The first-order chi connectivity index (χ1) is 13.2. The number of aromatic nitrogens is 1. The Kier molecular flexibility index (Phi) is 5.55. The molecule has 0 radical (unpaired) electrons. The molecule has 1 aliphatic rings. The number of aryl methyl sites for hydroxylation is 1. The fourth-order valence-electron chi connectivity index (χ4n) is 4.21. The van der Waals surface area contributed by atoms with E-state index in [4.69, 9.17) is 4.42 Å². The lowest BCUT2D eigenvalue weighted by molar-refractivity contribution is 0.140. The second-order valence-electron chi connectivity index (χ2n) is 7.92. The van der Waals surface area contributed by atoms with Crippen molar-refractivity contribution in [3.05, 3.63) is 65.7 Å². The monoisotopic (exact) mass is 363 g/mol. The average molecular weight is 364 g/mol. The molecule has 0 saturated carbocycles. The minimum absolute atomic E-state index is 0.776. The Balaban J connectivity index is 1.28. The number of nitrogens with zero attached hydrogens (tertiary/aromatic N) is 3. The zero-order chi connectivity index (χ0) is 18.6. The molecule has 0 unspecified atom stereocenters. The molecule has 1 saturated heterocycles. The summed E-state index contributed by atoms with van der Waals surface area (Å²) in [6.45, 7) is 7.42. The van der Waals surface area contributed by atoms with Crippen LogP contribution in [0.2, 0.25) is 0 Å². The Bertz CT molecular complexity index is 875.